The van der Waals surface area contributed by atoms with E-state index in [4.69, 9.17) is 9.31 Å². The second-order valence-electron chi connectivity index (χ2n) is 6.42. The molecule has 1 aliphatic heterocycles. The highest BCUT2D eigenvalue weighted by molar-refractivity contribution is 6.45. The van der Waals surface area contributed by atoms with E-state index in [1.807, 2.05) is 0 Å². The van der Waals surface area contributed by atoms with Crippen LogP contribution in [0.5, 0.6) is 0 Å². The maximum atomic E-state index is 10.3. The number of rotatable bonds is 3. The summed E-state index contributed by atoms with van der Waals surface area (Å²) in [6, 6.07) is 0. The lowest BCUT2D eigenvalue weighted by Gasteiger charge is -2.64. The Kier molecular flexibility index (Phi) is 2.36. The predicted octanol–water partition coefficient (Wildman–Crippen LogP) is 1.000. The normalized spacial score (nSPS) is 46.1. The third kappa shape index (κ3) is 1.42. The van der Waals surface area contributed by atoms with Crippen LogP contribution in [-0.4, -0.2) is 31.7 Å². The van der Waals surface area contributed by atoms with E-state index in [9.17, 15) is 4.79 Å². The lowest BCUT2D eigenvalue weighted by Crippen LogP contribution is -2.65. The first-order chi connectivity index (χ1) is 7.98. The van der Waals surface area contributed by atoms with Gasteiger partial charge >= 0.3 is 7.12 Å². The highest BCUT2D eigenvalue weighted by atomic mass is 16.7. The molecule has 5 heteroatoms. The van der Waals surface area contributed by atoms with E-state index < -0.39 is 0 Å². The number of nitrogens with one attached hydrogen (secondary N) is 1. The average Bonchev–Trinajstić information content (AvgIpc) is 2.61. The standard InChI is InChI=1S/C12H20BNO3/c1-11(2)8-4-9(11)12(3)10(5-8)16-13(17-12)6-14-7-15/h7-10H,4-6H2,1-3H3,(H,14,15)/t8?,9?,10-,12+/m1/s1. The van der Waals surface area contributed by atoms with Gasteiger partial charge in [0.2, 0.25) is 6.41 Å². The lowest BCUT2D eigenvalue weighted by atomic mass is 9.43. The molecular formula is C12H20BNO3. The summed E-state index contributed by atoms with van der Waals surface area (Å²) < 4.78 is 12.0. The molecule has 4 fully saturated rings. The zero-order chi connectivity index (χ0) is 12.3. The number of hydrogen-bond acceptors (Lipinski definition) is 3. The third-order valence-corrected chi connectivity index (χ3v) is 5.37. The number of amides is 1. The van der Waals surface area contributed by atoms with Gasteiger partial charge in [-0.2, -0.15) is 0 Å². The first kappa shape index (κ1) is 11.5. The van der Waals surface area contributed by atoms with Gasteiger partial charge < -0.3 is 14.6 Å². The van der Waals surface area contributed by atoms with Crippen molar-refractivity contribution >= 4 is 13.5 Å². The molecule has 4 atom stereocenters. The summed E-state index contributed by atoms with van der Waals surface area (Å²) in [6.45, 7) is 6.86. The Hall–Kier alpha value is -0.545. The second kappa shape index (κ2) is 3.48. The maximum Gasteiger partial charge on any atom is 0.478 e. The van der Waals surface area contributed by atoms with Crippen molar-refractivity contribution in [1.82, 2.24) is 5.32 Å². The molecule has 4 rings (SSSR count). The van der Waals surface area contributed by atoms with Crippen LogP contribution in [0.3, 0.4) is 0 Å². The van der Waals surface area contributed by atoms with E-state index in [1.54, 1.807) is 0 Å². The van der Waals surface area contributed by atoms with Crippen molar-refractivity contribution in [2.45, 2.75) is 45.3 Å². The van der Waals surface area contributed by atoms with Gasteiger partial charge in [-0.1, -0.05) is 13.8 Å². The number of carbonyl (C=O) groups excluding carboxylic acids is 1. The summed E-state index contributed by atoms with van der Waals surface area (Å²) in [7, 11) is -0.273. The summed E-state index contributed by atoms with van der Waals surface area (Å²) in [5, 5.41) is 2.64. The van der Waals surface area contributed by atoms with Gasteiger partial charge in [0, 0.05) is 0 Å². The van der Waals surface area contributed by atoms with E-state index in [-0.39, 0.29) is 18.8 Å². The molecule has 3 saturated carbocycles. The number of carbonyl (C=O) groups is 1. The number of hydrogen-bond donors (Lipinski definition) is 1. The molecule has 2 unspecified atom stereocenters. The zero-order valence-electron chi connectivity index (χ0n) is 10.7. The van der Waals surface area contributed by atoms with Gasteiger partial charge in [-0.05, 0) is 37.0 Å². The first-order valence-corrected chi connectivity index (χ1v) is 6.49. The van der Waals surface area contributed by atoms with Crippen LogP contribution in [0.15, 0.2) is 0 Å². The summed E-state index contributed by atoms with van der Waals surface area (Å²) in [5.41, 5.74) is 0.217. The van der Waals surface area contributed by atoms with Crippen LogP contribution in [0.1, 0.15) is 33.6 Å². The summed E-state index contributed by atoms with van der Waals surface area (Å²) >= 11 is 0. The van der Waals surface area contributed by atoms with Crippen LogP contribution in [-0.2, 0) is 14.1 Å². The zero-order valence-corrected chi connectivity index (χ0v) is 10.7. The van der Waals surface area contributed by atoms with E-state index in [1.165, 1.54) is 6.42 Å². The minimum absolute atomic E-state index is 0.159. The molecular weight excluding hydrogens is 217 g/mol. The molecule has 0 aromatic rings. The molecule has 1 N–H and O–H groups in total. The van der Waals surface area contributed by atoms with Crippen LogP contribution in [0, 0.1) is 17.3 Å². The molecule has 0 radical (unpaired) electrons. The van der Waals surface area contributed by atoms with Gasteiger partial charge in [0.25, 0.3) is 0 Å². The molecule has 1 saturated heterocycles. The molecule has 4 aliphatic rings. The fourth-order valence-corrected chi connectivity index (χ4v) is 4.18. The molecule has 1 heterocycles. The molecule has 17 heavy (non-hydrogen) atoms. The Labute approximate surface area is 103 Å². The monoisotopic (exact) mass is 237 g/mol. The maximum absolute atomic E-state index is 10.3. The molecule has 0 spiro atoms. The molecule has 0 aromatic heterocycles. The van der Waals surface area contributed by atoms with Gasteiger partial charge in [-0.3, -0.25) is 4.79 Å². The average molecular weight is 237 g/mol. The van der Waals surface area contributed by atoms with Crippen molar-refractivity contribution in [3.05, 3.63) is 0 Å². The van der Waals surface area contributed by atoms with E-state index in [0.29, 0.717) is 24.2 Å². The Balaban J connectivity index is 1.75. The van der Waals surface area contributed by atoms with Gasteiger partial charge in [0.05, 0.1) is 18.1 Å². The molecule has 3 aliphatic carbocycles. The fourth-order valence-electron chi connectivity index (χ4n) is 4.18. The quantitative estimate of drug-likeness (QED) is 0.588. The van der Waals surface area contributed by atoms with Crippen molar-refractivity contribution < 1.29 is 14.1 Å². The Morgan fingerprint density at radius 2 is 2.18 bits per heavy atom. The van der Waals surface area contributed by atoms with Crippen molar-refractivity contribution in [3.8, 4) is 0 Å². The van der Waals surface area contributed by atoms with Crippen LogP contribution in [0.2, 0.25) is 0 Å². The topological polar surface area (TPSA) is 47.6 Å². The van der Waals surface area contributed by atoms with E-state index >= 15 is 0 Å². The van der Waals surface area contributed by atoms with Crippen molar-refractivity contribution in [2.24, 2.45) is 17.3 Å². The second-order valence-corrected chi connectivity index (χ2v) is 6.42. The molecule has 0 aromatic carbocycles. The predicted molar refractivity (Wildman–Crippen MR) is 64.2 cm³/mol. The molecule has 4 nitrogen and oxygen atoms in total. The minimum atomic E-state index is -0.273. The van der Waals surface area contributed by atoms with Gasteiger partial charge in [0.15, 0.2) is 0 Å². The summed E-state index contributed by atoms with van der Waals surface area (Å²) in [5.74, 6) is 1.35. The minimum Gasteiger partial charge on any atom is -0.404 e. The highest BCUT2D eigenvalue weighted by Gasteiger charge is 2.67. The summed E-state index contributed by atoms with van der Waals surface area (Å²) in [6.07, 6.45) is 3.71. The van der Waals surface area contributed by atoms with Crippen LogP contribution >= 0.6 is 0 Å². The van der Waals surface area contributed by atoms with E-state index in [2.05, 4.69) is 26.1 Å². The van der Waals surface area contributed by atoms with Crippen molar-refractivity contribution in [1.29, 1.82) is 0 Å². The Morgan fingerprint density at radius 3 is 2.82 bits per heavy atom. The first-order valence-electron chi connectivity index (χ1n) is 6.49. The molecule has 1 amide bonds. The lowest BCUT2D eigenvalue weighted by molar-refractivity contribution is -0.199. The Morgan fingerprint density at radius 1 is 1.41 bits per heavy atom. The highest BCUT2D eigenvalue weighted by Crippen LogP contribution is 2.65. The molecule has 2 bridgehead atoms. The van der Waals surface area contributed by atoms with Crippen LogP contribution in [0.4, 0.5) is 0 Å². The summed E-state index contributed by atoms with van der Waals surface area (Å²) in [4.78, 5) is 10.3. The molecule has 94 valence electrons. The van der Waals surface area contributed by atoms with Gasteiger partial charge in [-0.25, -0.2) is 0 Å². The van der Waals surface area contributed by atoms with Crippen molar-refractivity contribution in [3.63, 3.8) is 0 Å². The smallest absolute Gasteiger partial charge is 0.404 e. The Bertz CT molecular complexity index is 349. The van der Waals surface area contributed by atoms with E-state index in [0.717, 1.165) is 12.3 Å². The fraction of sp³-hybridized carbons (Fsp3) is 0.917. The van der Waals surface area contributed by atoms with Gasteiger partial charge in [0.1, 0.15) is 0 Å². The van der Waals surface area contributed by atoms with Gasteiger partial charge in [-0.15, -0.1) is 0 Å². The SMILES string of the molecule is CC1(C)C2CC1[C@]1(C)OB(CNC=O)O[C@@H]1C2. The van der Waals surface area contributed by atoms with Crippen LogP contribution < -0.4 is 5.32 Å². The largest absolute Gasteiger partial charge is 0.478 e. The van der Waals surface area contributed by atoms with Crippen molar-refractivity contribution in [2.75, 3.05) is 6.44 Å². The third-order valence-electron chi connectivity index (χ3n) is 5.37. The van der Waals surface area contributed by atoms with Crippen LogP contribution in [0.25, 0.3) is 0 Å².